The molecule has 0 bridgehead atoms. The number of fused-ring (bicyclic) bond motifs is 1. The second kappa shape index (κ2) is 7.76. The Balaban J connectivity index is 0.00000242. The lowest BCUT2D eigenvalue weighted by Gasteiger charge is -2.15. The number of rotatable bonds is 6. The molecule has 2 rings (SSSR count). The third-order valence-electron chi connectivity index (χ3n) is 2.80. The first-order valence-corrected chi connectivity index (χ1v) is 6.58. The van der Waals surface area contributed by atoms with Gasteiger partial charge in [-0.25, -0.2) is 9.97 Å². The van der Waals surface area contributed by atoms with Crippen molar-refractivity contribution in [2.24, 2.45) is 0 Å². The van der Waals surface area contributed by atoms with E-state index in [0.717, 1.165) is 0 Å². The number of hydrogen-bond acceptors (Lipinski definition) is 9. The van der Waals surface area contributed by atoms with Crippen LogP contribution in [-0.2, 0) is 0 Å². The fourth-order valence-electron chi connectivity index (χ4n) is 1.80. The van der Waals surface area contributed by atoms with Crippen LogP contribution in [0.1, 0.15) is 0 Å². The molecule has 0 fully saturated rings. The molecular weight excluding hydrogens is 308 g/mol. The average molecular weight is 329 g/mol. The fourth-order valence-corrected chi connectivity index (χ4v) is 1.80. The van der Waals surface area contributed by atoms with Crippen LogP contribution in [0.3, 0.4) is 0 Å². The largest absolute Gasteiger partial charge is 0.395 e. The molecule has 0 aliphatic rings. The Morgan fingerprint density at radius 3 is 2.09 bits per heavy atom. The number of aromatic nitrogens is 4. The van der Waals surface area contributed by atoms with Crippen molar-refractivity contribution in [2.45, 2.75) is 0 Å². The molecule has 2 aromatic rings. The molecule has 0 spiro atoms. The average Bonchev–Trinajstić information content (AvgIpc) is 2.50. The Hall–Kier alpha value is -2.13. The zero-order valence-corrected chi connectivity index (χ0v) is 13.8. The number of nitrogens with zero attached hydrogens (tertiary/aromatic N) is 5. The summed E-state index contributed by atoms with van der Waals surface area (Å²) in [4.78, 5) is 19.5. The van der Waals surface area contributed by atoms with E-state index in [4.69, 9.17) is 5.11 Å². The maximum absolute atomic E-state index is 8.89. The summed E-state index contributed by atoms with van der Waals surface area (Å²) in [6, 6.07) is 0. The number of halogens is 1. The van der Waals surface area contributed by atoms with E-state index in [1.807, 2.05) is 19.0 Å². The Morgan fingerprint density at radius 1 is 0.955 bits per heavy atom. The van der Waals surface area contributed by atoms with E-state index in [1.165, 1.54) is 0 Å². The topological polar surface area (TPSA) is 111 Å². The van der Waals surface area contributed by atoms with Crippen LogP contribution in [0.2, 0.25) is 0 Å². The van der Waals surface area contributed by atoms with Crippen LogP contribution >= 0.6 is 12.4 Å². The highest BCUT2D eigenvalue weighted by molar-refractivity contribution is 5.94. The molecule has 0 saturated carbocycles. The Labute approximate surface area is 135 Å². The van der Waals surface area contributed by atoms with Crippen molar-refractivity contribution in [3.05, 3.63) is 0 Å². The van der Waals surface area contributed by atoms with Crippen LogP contribution in [0.4, 0.5) is 23.5 Å². The predicted molar refractivity (Wildman–Crippen MR) is 91.4 cm³/mol. The van der Waals surface area contributed by atoms with Crippen LogP contribution in [0, 0.1) is 0 Å². The fraction of sp³-hybridized carbons (Fsp3) is 0.500. The van der Waals surface area contributed by atoms with E-state index in [9.17, 15) is 0 Å². The first kappa shape index (κ1) is 17.9. The second-order valence-electron chi connectivity index (χ2n) is 4.51. The van der Waals surface area contributed by atoms with Crippen LogP contribution in [-0.4, -0.2) is 66.4 Å². The van der Waals surface area contributed by atoms with Gasteiger partial charge in [0.15, 0.2) is 11.6 Å². The number of nitrogens with one attached hydrogen (secondary N) is 3. The zero-order chi connectivity index (χ0) is 15.4. The Kier molecular flexibility index (Phi) is 6.32. The summed E-state index contributed by atoms with van der Waals surface area (Å²) in [5.41, 5.74) is 1.25. The van der Waals surface area contributed by atoms with E-state index in [2.05, 4.69) is 35.9 Å². The van der Waals surface area contributed by atoms with Crippen molar-refractivity contribution >= 4 is 47.0 Å². The lowest BCUT2D eigenvalue weighted by atomic mass is 10.3. The van der Waals surface area contributed by atoms with E-state index in [0.29, 0.717) is 41.1 Å². The smallest absolute Gasteiger partial charge is 0.227 e. The minimum atomic E-state index is 0. The normalized spacial score (nSPS) is 10.0. The molecule has 122 valence electrons. The van der Waals surface area contributed by atoms with E-state index >= 15 is 0 Å². The predicted octanol–water partition coefficient (Wildman–Crippen LogP) is 0.395. The van der Waals surface area contributed by atoms with Crippen LogP contribution in [0.15, 0.2) is 0 Å². The van der Waals surface area contributed by atoms with Gasteiger partial charge in [0, 0.05) is 34.7 Å². The lowest BCUT2D eigenvalue weighted by Crippen LogP contribution is -2.16. The Bertz CT molecular complexity index is 636. The van der Waals surface area contributed by atoms with Crippen molar-refractivity contribution in [3.63, 3.8) is 0 Å². The van der Waals surface area contributed by atoms with Gasteiger partial charge in [-0.1, -0.05) is 0 Å². The standard InChI is InChI=1S/C12H20N8O.ClH/c1-13-9-8-7(16-11(18-9)15-5-6-21)10(14-2)19-12(17-8)20(3)4;/h21H,5-6H2,1-4H3,(H,14,17,19)(H2,13,15,16,18);1H. The summed E-state index contributed by atoms with van der Waals surface area (Å²) in [5, 5.41) is 17.9. The van der Waals surface area contributed by atoms with Gasteiger partial charge in [-0.2, -0.15) is 9.97 Å². The molecule has 0 unspecified atom stereocenters. The molecule has 0 saturated heterocycles. The molecule has 0 aliphatic heterocycles. The maximum Gasteiger partial charge on any atom is 0.227 e. The highest BCUT2D eigenvalue weighted by Gasteiger charge is 2.15. The molecule has 0 radical (unpaired) electrons. The van der Waals surface area contributed by atoms with Gasteiger partial charge >= 0.3 is 0 Å². The molecule has 2 aromatic heterocycles. The van der Waals surface area contributed by atoms with E-state index in [1.54, 1.807) is 14.1 Å². The summed E-state index contributed by atoms with van der Waals surface area (Å²) >= 11 is 0. The second-order valence-corrected chi connectivity index (χ2v) is 4.51. The molecule has 4 N–H and O–H groups in total. The molecule has 2 heterocycles. The quantitative estimate of drug-likeness (QED) is 0.598. The van der Waals surface area contributed by atoms with Gasteiger partial charge in [0.1, 0.15) is 11.0 Å². The van der Waals surface area contributed by atoms with Gasteiger partial charge in [-0.05, 0) is 0 Å². The summed E-state index contributed by atoms with van der Waals surface area (Å²) < 4.78 is 0. The van der Waals surface area contributed by atoms with Crippen LogP contribution in [0.25, 0.3) is 11.0 Å². The molecule has 0 aromatic carbocycles. The van der Waals surface area contributed by atoms with Crippen molar-refractivity contribution in [3.8, 4) is 0 Å². The third-order valence-corrected chi connectivity index (χ3v) is 2.80. The lowest BCUT2D eigenvalue weighted by molar-refractivity contribution is 0.311. The van der Waals surface area contributed by atoms with Crippen molar-refractivity contribution in [1.82, 2.24) is 19.9 Å². The van der Waals surface area contributed by atoms with Gasteiger partial charge in [0.25, 0.3) is 0 Å². The molecular formula is C12H21ClN8O. The van der Waals surface area contributed by atoms with Gasteiger partial charge in [0.05, 0.1) is 6.61 Å². The minimum absolute atomic E-state index is 0. The zero-order valence-electron chi connectivity index (χ0n) is 13.0. The highest BCUT2D eigenvalue weighted by Crippen LogP contribution is 2.26. The van der Waals surface area contributed by atoms with Crippen molar-refractivity contribution in [2.75, 3.05) is 62.2 Å². The molecule has 0 aliphatic carbocycles. The molecule has 22 heavy (non-hydrogen) atoms. The molecule has 10 heteroatoms. The van der Waals surface area contributed by atoms with E-state index < -0.39 is 0 Å². The van der Waals surface area contributed by atoms with Gasteiger partial charge in [0.2, 0.25) is 11.9 Å². The number of aliphatic hydroxyl groups is 1. The monoisotopic (exact) mass is 328 g/mol. The van der Waals surface area contributed by atoms with Gasteiger partial charge < -0.3 is 26.0 Å². The van der Waals surface area contributed by atoms with Crippen LogP contribution < -0.4 is 20.9 Å². The Morgan fingerprint density at radius 2 is 1.55 bits per heavy atom. The minimum Gasteiger partial charge on any atom is -0.395 e. The summed E-state index contributed by atoms with van der Waals surface area (Å²) in [5.74, 6) is 2.21. The maximum atomic E-state index is 8.89. The van der Waals surface area contributed by atoms with Crippen molar-refractivity contribution < 1.29 is 5.11 Å². The summed E-state index contributed by atoms with van der Waals surface area (Å²) in [7, 11) is 7.30. The number of hydrogen-bond donors (Lipinski definition) is 4. The number of anilines is 4. The first-order valence-electron chi connectivity index (χ1n) is 6.58. The van der Waals surface area contributed by atoms with Gasteiger partial charge in [-0.3, -0.25) is 0 Å². The van der Waals surface area contributed by atoms with E-state index in [-0.39, 0.29) is 19.0 Å². The molecule has 0 atom stereocenters. The first-order chi connectivity index (χ1) is 10.1. The third kappa shape index (κ3) is 3.55. The van der Waals surface area contributed by atoms with Crippen LogP contribution in [0.5, 0.6) is 0 Å². The highest BCUT2D eigenvalue weighted by atomic mass is 35.5. The SMILES string of the molecule is CNc1nc(N(C)C)nc2c(NC)nc(NCCO)nc12.Cl. The number of aliphatic hydroxyl groups excluding tert-OH is 1. The summed E-state index contributed by atoms with van der Waals surface area (Å²) in [6.45, 7) is 0.380. The molecule has 0 amide bonds. The van der Waals surface area contributed by atoms with Crippen molar-refractivity contribution in [1.29, 1.82) is 0 Å². The van der Waals surface area contributed by atoms with Gasteiger partial charge in [-0.15, -0.1) is 12.4 Å². The molecule has 9 nitrogen and oxygen atoms in total. The summed E-state index contributed by atoms with van der Waals surface area (Å²) in [6.07, 6.45) is 0.